The van der Waals surface area contributed by atoms with Crippen LogP contribution in [0, 0.1) is 11.6 Å². The first kappa shape index (κ1) is 18.6. The van der Waals surface area contributed by atoms with Gasteiger partial charge in [-0.3, -0.25) is 0 Å². The van der Waals surface area contributed by atoms with Gasteiger partial charge >= 0.3 is 0 Å². The molecule has 0 saturated heterocycles. The summed E-state index contributed by atoms with van der Waals surface area (Å²) in [6.45, 7) is 8.25. The first-order valence-electron chi connectivity index (χ1n) is 7.72. The molecule has 6 heteroatoms. The van der Waals surface area contributed by atoms with E-state index in [1.165, 1.54) is 19.2 Å². The number of hydrogen-bond donors (Lipinski definition) is 1. The number of ether oxygens (including phenoxy) is 1. The van der Waals surface area contributed by atoms with Crippen LogP contribution in [0.25, 0.3) is 0 Å². The minimum atomic E-state index is -0.630. The maximum atomic E-state index is 13.3. The van der Waals surface area contributed by atoms with E-state index in [1.54, 1.807) is 18.3 Å². The van der Waals surface area contributed by atoms with Gasteiger partial charge in [0.2, 0.25) is 5.88 Å². The summed E-state index contributed by atoms with van der Waals surface area (Å²) < 4.78 is 31.7. The average Bonchev–Trinajstić information content (AvgIpc) is 2.58. The third-order valence-electron chi connectivity index (χ3n) is 3.71. The second-order valence-electron chi connectivity index (χ2n) is 5.54. The number of methoxy groups -OCH3 is 1. The van der Waals surface area contributed by atoms with Gasteiger partial charge < -0.3 is 15.4 Å². The predicted octanol–water partition coefficient (Wildman–Crippen LogP) is 3.44. The summed E-state index contributed by atoms with van der Waals surface area (Å²) in [6.07, 6.45) is 3.61. The summed E-state index contributed by atoms with van der Waals surface area (Å²) >= 11 is 0. The predicted molar refractivity (Wildman–Crippen MR) is 95.5 cm³/mol. The Kier molecular flexibility index (Phi) is 6.25. The average molecular weight is 345 g/mol. The van der Waals surface area contributed by atoms with Gasteiger partial charge in [-0.2, -0.15) is 0 Å². The smallest absolute Gasteiger partial charge is 0.213 e. The number of nitrogens with zero attached hydrogens (tertiary/aromatic N) is 2. The van der Waals surface area contributed by atoms with Crippen LogP contribution in [0.4, 0.5) is 14.5 Å². The first-order valence-corrected chi connectivity index (χ1v) is 7.72. The Balaban J connectivity index is 2.18. The van der Waals surface area contributed by atoms with Crippen molar-refractivity contribution in [3.63, 3.8) is 0 Å². The van der Waals surface area contributed by atoms with Crippen LogP contribution in [0.3, 0.4) is 0 Å². The molecule has 4 nitrogen and oxygen atoms in total. The lowest BCUT2D eigenvalue weighted by Gasteiger charge is -2.29. The molecule has 0 aliphatic carbocycles. The molecule has 0 amide bonds. The molecule has 0 aliphatic rings. The van der Waals surface area contributed by atoms with Crippen molar-refractivity contribution >= 4 is 5.69 Å². The van der Waals surface area contributed by atoms with Crippen molar-refractivity contribution in [2.24, 2.45) is 5.73 Å². The number of pyridine rings is 1. The number of aromatic nitrogens is 1. The molecule has 1 atom stereocenters. The van der Waals surface area contributed by atoms with E-state index in [4.69, 9.17) is 10.5 Å². The lowest BCUT2D eigenvalue weighted by molar-refractivity contribution is 0.398. The molecule has 2 rings (SSSR count). The summed E-state index contributed by atoms with van der Waals surface area (Å²) in [7, 11) is 1.54. The van der Waals surface area contributed by atoms with Crippen LogP contribution >= 0.6 is 0 Å². The van der Waals surface area contributed by atoms with Crippen LogP contribution in [-0.4, -0.2) is 24.7 Å². The maximum absolute atomic E-state index is 13.3. The molecule has 0 saturated carbocycles. The zero-order chi connectivity index (χ0) is 18.4. The molecule has 0 unspecified atom stereocenters. The Labute approximate surface area is 146 Å². The Hall–Kier alpha value is -2.73. The molecule has 0 fully saturated rings. The van der Waals surface area contributed by atoms with Gasteiger partial charge in [-0.1, -0.05) is 12.7 Å². The van der Waals surface area contributed by atoms with Gasteiger partial charge in [0.25, 0.3) is 0 Å². The molecule has 2 aromatic rings. The van der Waals surface area contributed by atoms with Crippen molar-refractivity contribution in [3.05, 3.63) is 78.7 Å². The highest BCUT2D eigenvalue weighted by molar-refractivity contribution is 5.52. The number of hydrogen-bond acceptors (Lipinski definition) is 4. The Morgan fingerprint density at radius 2 is 2.00 bits per heavy atom. The molecule has 1 heterocycles. The van der Waals surface area contributed by atoms with E-state index in [9.17, 15) is 8.78 Å². The third kappa shape index (κ3) is 4.87. The van der Waals surface area contributed by atoms with Gasteiger partial charge in [0.05, 0.1) is 19.0 Å². The Bertz CT molecular complexity index is 727. The SMILES string of the molecule is C=CCN(C(=C)[C@@H](N)Cc1cc(F)cc(F)c1)c1ccc(OC)nc1. The van der Waals surface area contributed by atoms with Crippen LogP contribution < -0.4 is 15.4 Å². The molecule has 0 bridgehead atoms. The number of nitrogens with two attached hydrogens (primary N) is 1. The summed E-state index contributed by atoms with van der Waals surface area (Å²) in [5.41, 5.74) is 8.04. The lowest BCUT2D eigenvalue weighted by atomic mass is 10.0. The van der Waals surface area contributed by atoms with E-state index in [2.05, 4.69) is 18.1 Å². The number of halogens is 2. The summed E-state index contributed by atoms with van der Waals surface area (Å²) in [6, 6.07) is 6.40. The van der Waals surface area contributed by atoms with E-state index < -0.39 is 17.7 Å². The maximum Gasteiger partial charge on any atom is 0.213 e. The number of rotatable bonds is 8. The molecule has 25 heavy (non-hydrogen) atoms. The van der Waals surface area contributed by atoms with Crippen molar-refractivity contribution in [1.82, 2.24) is 4.98 Å². The normalized spacial score (nSPS) is 11.7. The molecular formula is C19H21F2N3O. The number of anilines is 1. The standard InChI is InChI=1S/C19H21F2N3O/c1-4-7-24(17-5-6-19(25-3)23-12-17)13(2)18(22)10-14-8-15(20)11-16(21)9-14/h4-6,8-9,11-12,18H,1-2,7,10,22H2,3H3/t18-/m0/s1. The Morgan fingerprint density at radius 1 is 1.32 bits per heavy atom. The molecule has 0 radical (unpaired) electrons. The zero-order valence-corrected chi connectivity index (χ0v) is 14.1. The second kappa shape index (κ2) is 8.39. The van der Waals surface area contributed by atoms with Crippen LogP contribution in [0.1, 0.15) is 5.56 Å². The van der Waals surface area contributed by atoms with E-state index in [0.29, 0.717) is 23.7 Å². The largest absolute Gasteiger partial charge is 0.481 e. The highest BCUT2D eigenvalue weighted by atomic mass is 19.1. The molecule has 1 aromatic carbocycles. The number of benzene rings is 1. The summed E-state index contributed by atoms with van der Waals surface area (Å²) in [5, 5.41) is 0. The van der Waals surface area contributed by atoms with Crippen molar-refractivity contribution in [2.45, 2.75) is 12.5 Å². The molecule has 132 valence electrons. The molecule has 0 aliphatic heterocycles. The quantitative estimate of drug-likeness (QED) is 0.745. The summed E-state index contributed by atoms with van der Waals surface area (Å²) in [5.74, 6) is -0.766. The minimum absolute atomic E-state index is 0.255. The zero-order valence-electron chi connectivity index (χ0n) is 14.1. The van der Waals surface area contributed by atoms with E-state index in [0.717, 1.165) is 11.8 Å². The van der Waals surface area contributed by atoms with Gasteiger partial charge in [-0.15, -0.1) is 6.58 Å². The monoisotopic (exact) mass is 345 g/mol. The van der Waals surface area contributed by atoms with Crippen LogP contribution in [0.2, 0.25) is 0 Å². The van der Waals surface area contributed by atoms with Crippen molar-refractivity contribution in [2.75, 3.05) is 18.6 Å². The van der Waals surface area contributed by atoms with Crippen molar-refractivity contribution in [3.8, 4) is 5.88 Å². The fraction of sp³-hybridized carbons (Fsp3) is 0.211. The van der Waals surface area contributed by atoms with E-state index in [-0.39, 0.29) is 6.42 Å². The second-order valence-corrected chi connectivity index (χ2v) is 5.54. The van der Waals surface area contributed by atoms with Crippen molar-refractivity contribution in [1.29, 1.82) is 0 Å². The topological polar surface area (TPSA) is 51.4 Å². The van der Waals surface area contributed by atoms with Crippen LogP contribution in [0.5, 0.6) is 5.88 Å². The van der Waals surface area contributed by atoms with Gasteiger partial charge in [-0.25, -0.2) is 13.8 Å². The molecule has 0 spiro atoms. The summed E-state index contributed by atoms with van der Waals surface area (Å²) in [4.78, 5) is 6.02. The van der Waals surface area contributed by atoms with Gasteiger partial charge in [0.1, 0.15) is 11.6 Å². The highest BCUT2D eigenvalue weighted by Crippen LogP contribution is 2.22. The van der Waals surface area contributed by atoms with Crippen molar-refractivity contribution < 1.29 is 13.5 Å². The first-order chi connectivity index (χ1) is 11.9. The van der Waals surface area contributed by atoms with Crippen LogP contribution in [-0.2, 0) is 6.42 Å². The minimum Gasteiger partial charge on any atom is -0.481 e. The highest BCUT2D eigenvalue weighted by Gasteiger charge is 2.17. The molecule has 1 aromatic heterocycles. The Morgan fingerprint density at radius 3 is 2.52 bits per heavy atom. The molecular weight excluding hydrogens is 324 g/mol. The fourth-order valence-electron chi connectivity index (χ4n) is 2.47. The third-order valence-corrected chi connectivity index (χ3v) is 3.71. The van der Waals surface area contributed by atoms with Gasteiger partial charge in [-0.05, 0) is 30.2 Å². The van der Waals surface area contributed by atoms with Crippen LogP contribution in [0.15, 0.2) is 61.5 Å². The van der Waals surface area contributed by atoms with Gasteiger partial charge in [0.15, 0.2) is 0 Å². The van der Waals surface area contributed by atoms with E-state index >= 15 is 0 Å². The lowest BCUT2D eigenvalue weighted by Crippen LogP contribution is -2.36. The van der Waals surface area contributed by atoms with E-state index in [1.807, 2.05) is 11.0 Å². The fourth-order valence-corrected chi connectivity index (χ4v) is 2.47. The van der Waals surface area contributed by atoms with Gasteiger partial charge in [0, 0.05) is 30.4 Å². The molecule has 2 N–H and O–H groups in total.